The van der Waals surface area contributed by atoms with Gasteiger partial charge in [0.25, 0.3) is 0 Å². The fourth-order valence-corrected chi connectivity index (χ4v) is 1.78. The lowest BCUT2D eigenvalue weighted by Crippen LogP contribution is -2.47. The molecule has 18 heavy (non-hydrogen) atoms. The number of rotatable bonds is 7. The van der Waals surface area contributed by atoms with Crippen LogP contribution in [-0.2, 0) is 14.6 Å². The van der Waals surface area contributed by atoms with Crippen molar-refractivity contribution in [3.63, 3.8) is 0 Å². The number of sulfone groups is 1. The van der Waals surface area contributed by atoms with Crippen LogP contribution in [-0.4, -0.2) is 44.4 Å². The Morgan fingerprint density at radius 1 is 1.44 bits per heavy atom. The first kappa shape index (κ1) is 17.1. The molecule has 0 aromatic carbocycles. The van der Waals surface area contributed by atoms with E-state index in [1.165, 1.54) is 6.08 Å². The number of nitrogens with one attached hydrogen (secondary N) is 1. The molecule has 0 saturated carbocycles. The van der Waals surface area contributed by atoms with E-state index in [9.17, 15) is 13.2 Å². The van der Waals surface area contributed by atoms with Crippen LogP contribution in [0, 0.1) is 5.92 Å². The quantitative estimate of drug-likeness (QED) is 0.576. The molecule has 2 atom stereocenters. The second-order valence-electron chi connectivity index (χ2n) is 4.69. The van der Waals surface area contributed by atoms with E-state index in [-0.39, 0.29) is 5.92 Å². The predicted octanol–water partition coefficient (Wildman–Crippen LogP) is -0.605. The van der Waals surface area contributed by atoms with Gasteiger partial charge in [0, 0.05) is 17.7 Å². The summed E-state index contributed by atoms with van der Waals surface area (Å²) in [5.41, 5.74) is 5.37. The smallest absolute Gasteiger partial charge is 0.239 e. The highest BCUT2D eigenvalue weighted by Gasteiger charge is 2.16. The molecule has 0 spiro atoms. The summed E-state index contributed by atoms with van der Waals surface area (Å²) < 4.78 is 22.1. The molecule has 106 valence electrons. The number of hydrogen-bond acceptors (Lipinski definition) is 5. The summed E-state index contributed by atoms with van der Waals surface area (Å²) in [6, 6.07) is -1.41. The fraction of sp³-hybridized carbons (Fsp3) is 0.727. The predicted molar refractivity (Wildman–Crippen MR) is 70.4 cm³/mol. The Bertz CT molecular complexity index is 390. The summed E-state index contributed by atoms with van der Waals surface area (Å²) in [5.74, 6) is -0.217. The van der Waals surface area contributed by atoms with E-state index in [0.717, 1.165) is 11.7 Å². The first-order valence-electron chi connectivity index (χ1n) is 5.70. The summed E-state index contributed by atoms with van der Waals surface area (Å²) in [6.07, 6.45) is 3.10. The van der Waals surface area contributed by atoms with Crippen molar-refractivity contribution in [1.29, 1.82) is 0 Å². The average Bonchev–Trinajstić information content (AvgIpc) is 2.22. The van der Waals surface area contributed by atoms with Crippen LogP contribution >= 0.6 is 0 Å². The summed E-state index contributed by atoms with van der Waals surface area (Å²) in [6.45, 7) is 3.47. The lowest BCUT2D eigenvalue weighted by Gasteiger charge is -2.19. The third-order valence-corrected chi connectivity index (χ3v) is 2.80. The molecule has 0 unspecified atom stereocenters. The number of hydrogen-bond donors (Lipinski definition) is 3. The zero-order valence-corrected chi connectivity index (χ0v) is 11.8. The van der Waals surface area contributed by atoms with Gasteiger partial charge in [-0.2, -0.15) is 0 Å². The Hall–Kier alpha value is -0.920. The topological polar surface area (TPSA) is 109 Å². The van der Waals surface area contributed by atoms with Gasteiger partial charge in [-0.25, -0.2) is 8.42 Å². The van der Waals surface area contributed by atoms with E-state index in [1.54, 1.807) is 0 Å². The van der Waals surface area contributed by atoms with Crippen LogP contribution in [0.15, 0.2) is 11.5 Å². The highest BCUT2D eigenvalue weighted by Crippen LogP contribution is 2.07. The monoisotopic (exact) mass is 278 g/mol. The van der Waals surface area contributed by atoms with Crippen LogP contribution in [0.4, 0.5) is 0 Å². The molecule has 0 aliphatic carbocycles. The number of carbonyl (C=O) groups is 1. The first-order valence-corrected chi connectivity index (χ1v) is 7.66. The zero-order valence-electron chi connectivity index (χ0n) is 11.0. The first-order chi connectivity index (χ1) is 8.15. The highest BCUT2D eigenvalue weighted by molar-refractivity contribution is 7.93. The minimum atomic E-state index is -3.23. The molecule has 0 bridgehead atoms. The molecule has 0 aromatic rings. The third-order valence-electron chi connectivity index (χ3n) is 2.14. The van der Waals surface area contributed by atoms with Gasteiger partial charge in [0.2, 0.25) is 5.91 Å². The largest absolute Gasteiger partial charge is 0.394 e. The molecule has 0 heterocycles. The minimum absolute atomic E-state index is 0.282. The number of carbonyl (C=O) groups excluding carboxylic acids is 1. The van der Waals surface area contributed by atoms with E-state index in [2.05, 4.69) is 5.32 Å². The SMILES string of the molecule is CC(C)C[C@@H](/C=C/S(C)(=O)=O)NC(=O)[C@@H](N)CO. The van der Waals surface area contributed by atoms with Crippen molar-refractivity contribution < 1.29 is 18.3 Å². The van der Waals surface area contributed by atoms with Crippen LogP contribution in [0.3, 0.4) is 0 Å². The van der Waals surface area contributed by atoms with Crippen molar-refractivity contribution >= 4 is 15.7 Å². The van der Waals surface area contributed by atoms with Gasteiger partial charge in [-0.05, 0) is 12.3 Å². The van der Waals surface area contributed by atoms with Crippen molar-refractivity contribution in [3.8, 4) is 0 Å². The molecule has 0 fully saturated rings. The molecule has 0 aliphatic rings. The standard InChI is InChI=1S/C11H22N2O4S/c1-8(2)6-9(4-5-18(3,16)17)13-11(15)10(12)7-14/h4-5,8-10,14H,6-7,12H2,1-3H3,(H,13,15)/b5-4+/t9-,10+/m1/s1. The van der Waals surface area contributed by atoms with E-state index in [4.69, 9.17) is 10.8 Å². The van der Waals surface area contributed by atoms with Gasteiger partial charge in [0.1, 0.15) is 6.04 Å². The van der Waals surface area contributed by atoms with Crippen LogP contribution in [0.5, 0.6) is 0 Å². The van der Waals surface area contributed by atoms with Gasteiger partial charge in [-0.3, -0.25) is 4.79 Å². The van der Waals surface area contributed by atoms with Crippen molar-refractivity contribution in [2.45, 2.75) is 32.4 Å². The van der Waals surface area contributed by atoms with E-state index in [1.807, 2.05) is 13.8 Å². The number of aliphatic hydroxyl groups excluding tert-OH is 1. The lowest BCUT2D eigenvalue weighted by molar-refractivity contribution is -0.123. The molecule has 4 N–H and O–H groups in total. The highest BCUT2D eigenvalue weighted by atomic mass is 32.2. The van der Waals surface area contributed by atoms with Gasteiger partial charge in [-0.1, -0.05) is 19.9 Å². The maximum atomic E-state index is 11.5. The normalized spacial score (nSPS) is 15.9. The van der Waals surface area contributed by atoms with Gasteiger partial charge in [-0.15, -0.1) is 0 Å². The Morgan fingerprint density at radius 2 is 2.00 bits per heavy atom. The molecule has 0 radical (unpaired) electrons. The summed E-state index contributed by atoms with van der Waals surface area (Å²) in [4.78, 5) is 11.5. The van der Waals surface area contributed by atoms with Crippen molar-refractivity contribution in [1.82, 2.24) is 5.32 Å². The van der Waals surface area contributed by atoms with Crippen molar-refractivity contribution in [2.24, 2.45) is 11.7 Å². The molecule has 0 saturated heterocycles. The molecule has 0 rings (SSSR count). The van der Waals surface area contributed by atoms with Gasteiger partial charge in [0.05, 0.1) is 6.61 Å². The molecule has 0 aromatic heterocycles. The van der Waals surface area contributed by atoms with Crippen molar-refractivity contribution in [3.05, 3.63) is 11.5 Å². The van der Waals surface area contributed by atoms with E-state index in [0.29, 0.717) is 6.42 Å². The molecule has 0 aliphatic heterocycles. The lowest BCUT2D eigenvalue weighted by atomic mass is 10.0. The van der Waals surface area contributed by atoms with Crippen LogP contribution in [0.25, 0.3) is 0 Å². The van der Waals surface area contributed by atoms with Crippen LogP contribution < -0.4 is 11.1 Å². The number of amides is 1. The van der Waals surface area contributed by atoms with Gasteiger partial charge in [0.15, 0.2) is 9.84 Å². The van der Waals surface area contributed by atoms with Crippen LogP contribution in [0.2, 0.25) is 0 Å². The second kappa shape index (κ2) is 7.50. The molecular weight excluding hydrogens is 256 g/mol. The number of aliphatic hydroxyl groups is 1. The van der Waals surface area contributed by atoms with Gasteiger partial charge < -0.3 is 16.2 Å². The summed E-state index contributed by atoms with van der Waals surface area (Å²) in [5, 5.41) is 12.4. The molecule has 1 amide bonds. The molecule has 7 heteroatoms. The third kappa shape index (κ3) is 8.21. The fourth-order valence-electron chi connectivity index (χ4n) is 1.30. The molecule has 6 nitrogen and oxygen atoms in total. The Kier molecular flexibility index (Phi) is 7.12. The maximum absolute atomic E-state index is 11.5. The van der Waals surface area contributed by atoms with E-state index >= 15 is 0 Å². The summed E-state index contributed by atoms with van der Waals surface area (Å²) in [7, 11) is -3.23. The average molecular weight is 278 g/mol. The van der Waals surface area contributed by atoms with Crippen molar-refractivity contribution in [2.75, 3.05) is 12.9 Å². The Morgan fingerprint density at radius 3 is 2.39 bits per heavy atom. The summed E-state index contributed by atoms with van der Waals surface area (Å²) >= 11 is 0. The maximum Gasteiger partial charge on any atom is 0.239 e. The van der Waals surface area contributed by atoms with Gasteiger partial charge >= 0.3 is 0 Å². The Balaban J connectivity index is 4.70. The zero-order chi connectivity index (χ0) is 14.3. The van der Waals surface area contributed by atoms with E-state index < -0.39 is 34.4 Å². The number of nitrogens with two attached hydrogens (primary N) is 1. The molecular formula is C11H22N2O4S. The van der Waals surface area contributed by atoms with Crippen LogP contribution in [0.1, 0.15) is 20.3 Å². The Labute approximate surface area is 108 Å². The second-order valence-corrected chi connectivity index (χ2v) is 6.62. The minimum Gasteiger partial charge on any atom is -0.394 e.